The fourth-order valence-corrected chi connectivity index (χ4v) is 3.70. The predicted octanol–water partition coefficient (Wildman–Crippen LogP) is 1.33. The van der Waals surface area contributed by atoms with E-state index in [0.29, 0.717) is 6.04 Å². The fourth-order valence-electron chi connectivity index (χ4n) is 3.70. The Labute approximate surface area is 98.7 Å². The van der Waals surface area contributed by atoms with Gasteiger partial charge in [-0.3, -0.25) is 9.80 Å². The highest BCUT2D eigenvalue weighted by molar-refractivity contribution is 4.93. The van der Waals surface area contributed by atoms with Crippen molar-refractivity contribution in [2.45, 2.75) is 50.7 Å². The highest BCUT2D eigenvalue weighted by Gasteiger charge is 2.37. The van der Waals surface area contributed by atoms with Gasteiger partial charge in [-0.15, -0.1) is 0 Å². The molecule has 3 nitrogen and oxygen atoms in total. The number of piperazine rings is 1. The number of fused-ring (bicyclic) bond motifs is 1. The summed E-state index contributed by atoms with van der Waals surface area (Å²) in [5, 5.41) is 0. The molecule has 3 rings (SSSR count). The van der Waals surface area contributed by atoms with Crippen molar-refractivity contribution in [3.05, 3.63) is 0 Å². The maximum Gasteiger partial charge on any atom is 0.0621 e. The van der Waals surface area contributed by atoms with Crippen LogP contribution in [0.25, 0.3) is 0 Å². The largest absolute Gasteiger partial charge is 0.380 e. The van der Waals surface area contributed by atoms with E-state index >= 15 is 0 Å². The lowest BCUT2D eigenvalue weighted by Crippen LogP contribution is -2.59. The first-order valence-corrected chi connectivity index (χ1v) is 6.92. The van der Waals surface area contributed by atoms with Crippen LogP contribution in [-0.4, -0.2) is 60.8 Å². The van der Waals surface area contributed by atoms with E-state index in [9.17, 15) is 0 Å². The fraction of sp³-hybridized carbons (Fsp3) is 1.00. The normalized spacial score (nSPS) is 42.2. The minimum atomic E-state index is 0.700. The molecule has 3 unspecified atom stereocenters. The molecule has 0 aromatic heterocycles. The molecular formula is C13H24N2O. The lowest BCUT2D eigenvalue weighted by molar-refractivity contribution is -0.0341. The first-order chi connectivity index (χ1) is 7.84. The number of hydrogen-bond donors (Lipinski definition) is 0. The minimum absolute atomic E-state index is 0.700. The zero-order valence-corrected chi connectivity index (χ0v) is 10.4. The Balaban J connectivity index is 1.65. The van der Waals surface area contributed by atoms with Crippen LogP contribution in [0.3, 0.4) is 0 Å². The first-order valence-electron chi connectivity index (χ1n) is 6.92. The van der Waals surface area contributed by atoms with Crippen LogP contribution < -0.4 is 0 Å². The molecule has 3 saturated heterocycles. The third-order valence-corrected chi connectivity index (χ3v) is 4.59. The van der Waals surface area contributed by atoms with Crippen LogP contribution in [0.15, 0.2) is 0 Å². The van der Waals surface area contributed by atoms with Gasteiger partial charge in [-0.2, -0.15) is 0 Å². The average Bonchev–Trinajstić information content (AvgIpc) is 2.76. The van der Waals surface area contributed by atoms with Crippen LogP contribution in [0.5, 0.6) is 0 Å². The number of ether oxygens (including phenoxy) is 1. The summed E-state index contributed by atoms with van der Waals surface area (Å²) in [6, 6.07) is 2.27. The summed E-state index contributed by atoms with van der Waals surface area (Å²) in [7, 11) is 0. The summed E-state index contributed by atoms with van der Waals surface area (Å²) >= 11 is 0. The van der Waals surface area contributed by atoms with Gasteiger partial charge in [0.05, 0.1) is 6.61 Å². The maximum atomic E-state index is 5.64. The molecule has 0 N–H and O–H groups in total. The molecule has 3 aliphatic heterocycles. The van der Waals surface area contributed by atoms with E-state index < -0.39 is 0 Å². The van der Waals surface area contributed by atoms with E-state index in [-0.39, 0.29) is 0 Å². The first kappa shape index (κ1) is 11.0. The monoisotopic (exact) mass is 224 g/mol. The van der Waals surface area contributed by atoms with E-state index in [4.69, 9.17) is 4.74 Å². The summed E-state index contributed by atoms with van der Waals surface area (Å²) in [6.45, 7) is 8.24. The zero-order chi connectivity index (χ0) is 11.0. The van der Waals surface area contributed by atoms with E-state index in [1.807, 2.05) is 0 Å². The van der Waals surface area contributed by atoms with Gasteiger partial charge in [0.25, 0.3) is 0 Å². The van der Waals surface area contributed by atoms with Crippen LogP contribution in [0.2, 0.25) is 0 Å². The summed E-state index contributed by atoms with van der Waals surface area (Å²) in [6.07, 6.45) is 5.42. The van der Waals surface area contributed by atoms with Gasteiger partial charge in [-0.1, -0.05) is 0 Å². The second-order valence-corrected chi connectivity index (χ2v) is 5.71. The Morgan fingerprint density at radius 2 is 1.94 bits per heavy atom. The van der Waals surface area contributed by atoms with E-state index in [0.717, 1.165) is 25.3 Å². The standard InChI is InChI=1S/C13H24N2O/c1-11-8-14-6-2-4-12(14)9-15(11)13-5-3-7-16-10-13/h11-13H,2-10H2,1H3. The SMILES string of the molecule is CC1CN2CCCC2CN1C1CCCOC1. The van der Waals surface area contributed by atoms with Gasteiger partial charge < -0.3 is 4.74 Å². The summed E-state index contributed by atoms with van der Waals surface area (Å²) in [5.41, 5.74) is 0. The molecule has 16 heavy (non-hydrogen) atoms. The van der Waals surface area contributed by atoms with Gasteiger partial charge in [-0.05, 0) is 39.2 Å². The summed E-state index contributed by atoms with van der Waals surface area (Å²) in [4.78, 5) is 5.43. The molecule has 3 atom stereocenters. The molecule has 3 aliphatic rings. The van der Waals surface area contributed by atoms with E-state index in [1.54, 1.807) is 0 Å². The van der Waals surface area contributed by atoms with E-state index in [1.165, 1.54) is 45.3 Å². The lowest BCUT2D eigenvalue weighted by Gasteiger charge is -2.46. The third-order valence-electron chi connectivity index (χ3n) is 4.59. The third kappa shape index (κ3) is 2.01. The second kappa shape index (κ2) is 4.63. The highest BCUT2D eigenvalue weighted by Crippen LogP contribution is 2.27. The molecule has 0 bridgehead atoms. The lowest BCUT2D eigenvalue weighted by atomic mass is 10.0. The maximum absolute atomic E-state index is 5.64. The zero-order valence-electron chi connectivity index (χ0n) is 10.4. The van der Waals surface area contributed by atoms with E-state index in [2.05, 4.69) is 16.7 Å². The van der Waals surface area contributed by atoms with Crippen molar-refractivity contribution < 1.29 is 4.74 Å². The van der Waals surface area contributed by atoms with Crippen LogP contribution in [0, 0.1) is 0 Å². The Morgan fingerprint density at radius 1 is 1.06 bits per heavy atom. The molecule has 0 radical (unpaired) electrons. The molecule has 0 saturated carbocycles. The van der Waals surface area contributed by atoms with Crippen molar-refractivity contribution in [2.24, 2.45) is 0 Å². The topological polar surface area (TPSA) is 15.7 Å². The Kier molecular flexibility index (Phi) is 3.18. The predicted molar refractivity (Wildman–Crippen MR) is 64.6 cm³/mol. The molecule has 0 aromatic carbocycles. The van der Waals surface area contributed by atoms with Crippen molar-refractivity contribution in [2.75, 3.05) is 32.8 Å². The molecule has 0 spiro atoms. The highest BCUT2D eigenvalue weighted by atomic mass is 16.5. The van der Waals surface area contributed by atoms with Gasteiger partial charge in [0.2, 0.25) is 0 Å². The van der Waals surface area contributed by atoms with Crippen molar-refractivity contribution >= 4 is 0 Å². The second-order valence-electron chi connectivity index (χ2n) is 5.71. The van der Waals surface area contributed by atoms with Gasteiger partial charge >= 0.3 is 0 Å². The molecule has 3 fully saturated rings. The van der Waals surface area contributed by atoms with Crippen LogP contribution in [0.4, 0.5) is 0 Å². The molecule has 3 heterocycles. The van der Waals surface area contributed by atoms with Crippen molar-refractivity contribution in [3.63, 3.8) is 0 Å². The van der Waals surface area contributed by atoms with Gasteiger partial charge in [0.1, 0.15) is 0 Å². The van der Waals surface area contributed by atoms with Gasteiger partial charge in [-0.25, -0.2) is 0 Å². The molecule has 3 heteroatoms. The molecule has 92 valence electrons. The quantitative estimate of drug-likeness (QED) is 0.668. The summed E-state index contributed by atoms with van der Waals surface area (Å²) < 4.78 is 5.64. The van der Waals surface area contributed by atoms with Crippen LogP contribution in [0.1, 0.15) is 32.6 Å². The Bertz CT molecular complexity index is 240. The van der Waals surface area contributed by atoms with Crippen molar-refractivity contribution in [3.8, 4) is 0 Å². The minimum Gasteiger partial charge on any atom is -0.380 e. The molecule has 0 aliphatic carbocycles. The van der Waals surface area contributed by atoms with Crippen LogP contribution >= 0.6 is 0 Å². The number of hydrogen-bond acceptors (Lipinski definition) is 3. The van der Waals surface area contributed by atoms with Crippen molar-refractivity contribution in [1.29, 1.82) is 0 Å². The Morgan fingerprint density at radius 3 is 2.75 bits per heavy atom. The van der Waals surface area contributed by atoms with Gasteiger partial charge in [0.15, 0.2) is 0 Å². The molecular weight excluding hydrogens is 200 g/mol. The number of rotatable bonds is 1. The number of nitrogens with zero attached hydrogens (tertiary/aromatic N) is 2. The van der Waals surface area contributed by atoms with Crippen molar-refractivity contribution in [1.82, 2.24) is 9.80 Å². The summed E-state index contributed by atoms with van der Waals surface area (Å²) in [5.74, 6) is 0. The van der Waals surface area contributed by atoms with Crippen LogP contribution in [-0.2, 0) is 4.74 Å². The average molecular weight is 224 g/mol. The Hall–Kier alpha value is -0.120. The van der Waals surface area contributed by atoms with Gasteiger partial charge in [0, 0.05) is 37.8 Å². The molecule has 0 aromatic rings. The smallest absolute Gasteiger partial charge is 0.0621 e. The molecule has 0 amide bonds.